The molecule has 1 aromatic carbocycles. The number of benzene rings is 1. The van der Waals surface area contributed by atoms with E-state index in [2.05, 4.69) is 32.1 Å². The maximum Gasteiger partial charge on any atom is 0.251 e. The normalized spacial score (nSPS) is 16.0. The van der Waals surface area contributed by atoms with Crippen LogP contribution in [0.1, 0.15) is 31.4 Å². The number of nitrogens with two attached hydrogens (primary N) is 1. The third-order valence-electron chi connectivity index (χ3n) is 6.10. The molecule has 3 aromatic heterocycles. The van der Waals surface area contributed by atoms with Gasteiger partial charge in [0.25, 0.3) is 5.91 Å². The highest BCUT2D eigenvalue weighted by atomic mass is 79.9. The molecule has 8 nitrogen and oxygen atoms in total. The van der Waals surface area contributed by atoms with E-state index in [0.717, 1.165) is 45.0 Å². The molecule has 0 saturated carbocycles. The van der Waals surface area contributed by atoms with Crippen LogP contribution in [0.2, 0.25) is 0 Å². The Bertz CT molecular complexity index is 1330. The van der Waals surface area contributed by atoms with E-state index < -0.39 is 6.10 Å². The average molecular weight is 495 g/mol. The third-order valence-corrected chi connectivity index (χ3v) is 6.91. The zero-order chi connectivity index (χ0) is 22.4. The molecule has 4 heterocycles. The number of hydrogen-bond acceptors (Lipinski definition) is 6. The van der Waals surface area contributed by atoms with Crippen molar-refractivity contribution in [2.24, 2.45) is 0 Å². The predicted octanol–water partition coefficient (Wildman–Crippen LogP) is 3.38. The lowest BCUT2D eigenvalue weighted by molar-refractivity contribution is -0.140. The summed E-state index contributed by atoms with van der Waals surface area (Å²) in [5.74, 6) is 0.409. The van der Waals surface area contributed by atoms with Gasteiger partial charge in [0.05, 0.1) is 21.9 Å². The van der Waals surface area contributed by atoms with Gasteiger partial charge in [-0.25, -0.2) is 4.98 Å². The van der Waals surface area contributed by atoms with Crippen LogP contribution in [0.25, 0.3) is 27.7 Å². The number of anilines is 1. The number of aromatic nitrogens is 4. The maximum absolute atomic E-state index is 12.1. The molecule has 0 spiro atoms. The Morgan fingerprint density at radius 1 is 1.25 bits per heavy atom. The summed E-state index contributed by atoms with van der Waals surface area (Å²) in [6.07, 6.45) is 4.12. The lowest BCUT2D eigenvalue weighted by Gasteiger charge is -2.33. The number of rotatable bonds is 3. The molecule has 0 radical (unpaired) electrons. The summed E-state index contributed by atoms with van der Waals surface area (Å²) in [6, 6.07) is 10.1. The van der Waals surface area contributed by atoms with E-state index in [1.54, 1.807) is 15.6 Å². The van der Waals surface area contributed by atoms with Crippen LogP contribution in [0.3, 0.4) is 0 Å². The van der Waals surface area contributed by atoms with Gasteiger partial charge in [0, 0.05) is 41.7 Å². The lowest BCUT2D eigenvalue weighted by atomic mass is 9.93. The van der Waals surface area contributed by atoms with Crippen molar-refractivity contribution < 1.29 is 9.90 Å². The van der Waals surface area contributed by atoms with Crippen LogP contribution in [0.15, 0.2) is 47.2 Å². The molecule has 9 heteroatoms. The van der Waals surface area contributed by atoms with Crippen molar-refractivity contribution in [1.29, 1.82) is 0 Å². The summed E-state index contributed by atoms with van der Waals surface area (Å²) in [6.45, 7) is 2.66. The highest BCUT2D eigenvalue weighted by Gasteiger charge is 2.29. The second-order valence-corrected chi connectivity index (χ2v) is 8.98. The quantitative estimate of drug-likeness (QED) is 0.451. The number of carbonyl (C=O) groups excluding carboxylic acids is 1. The topological polar surface area (TPSA) is 110 Å². The van der Waals surface area contributed by atoms with Crippen molar-refractivity contribution in [2.45, 2.75) is 31.8 Å². The maximum atomic E-state index is 12.1. The van der Waals surface area contributed by atoms with Crippen LogP contribution >= 0.6 is 15.9 Å². The fourth-order valence-corrected chi connectivity index (χ4v) is 4.92. The number of nitrogens with zero attached hydrogens (tertiary/aromatic N) is 5. The third kappa shape index (κ3) is 3.51. The summed E-state index contributed by atoms with van der Waals surface area (Å²) in [7, 11) is 0. The summed E-state index contributed by atoms with van der Waals surface area (Å²) in [5.41, 5.74) is 10.7. The van der Waals surface area contributed by atoms with E-state index in [4.69, 9.17) is 10.7 Å². The minimum atomic E-state index is -0.978. The molecule has 5 rings (SSSR count). The number of piperidine rings is 1. The van der Waals surface area contributed by atoms with Gasteiger partial charge >= 0.3 is 0 Å². The smallest absolute Gasteiger partial charge is 0.251 e. The second-order valence-electron chi connectivity index (χ2n) is 8.18. The van der Waals surface area contributed by atoms with Gasteiger partial charge in [0.2, 0.25) is 0 Å². The number of pyridine rings is 1. The van der Waals surface area contributed by atoms with E-state index in [9.17, 15) is 9.90 Å². The first kappa shape index (κ1) is 20.8. The van der Waals surface area contributed by atoms with Crippen molar-refractivity contribution >= 4 is 44.2 Å². The number of para-hydroxylation sites is 1. The first-order chi connectivity index (χ1) is 15.4. The summed E-state index contributed by atoms with van der Waals surface area (Å²) < 4.78 is 2.38. The molecule has 164 valence electrons. The molecule has 1 atom stereocenters. The van der Waals surface area contributed by atoms with Crippen molar-refractivity contribution in [3.8, 4) is 11.1 Å². The summed E-state index contributed by atoms with van der Waals surface area (Å²) in [5, 5.41) is 15.1. The Morgan fingerprint density at radius 3 is 2.75 bits per heavy atom. The Kier molecular flexibility index (Phi) is 5.30. The van der Waals surface area contributed by atoms with E-state index >= 15 is 0 Å². The van der Waals surface area contributed by atoms with Crippen molar-refractivity contribution in [2.75, 3.05) is 18.8 Å². The van der Waals surface area contributed by atoms with Gasteiger partial charge in [-0.2, -0.15) is 9.61 Å². The number of likely N-dealkylation sites (tertiary alicyclic amines) is 1. The molecule has 0 bridgehead atoms. The number of amides is 1. The highest BCUT2D eigenvalue weighted by molar-refractivity contribution is 9.10. The van der Waals surface area contributed by atoms with Crippen molar-refractivity contribution in [3.63, 3.8) is 0 Å². The fraction of sp³-hybridized carbons (Fsp3) is 0.304. The Balaban J connectivity index is 1.52. The van der Waals surface area contributed by atoms with Crippen LogP contribution in [-0.4, -0.2) is 54.7 Å². The van der Waals surface area contributed by atoms with E-state index in [1.807, 2.05) is 30.5 Å². The van der Waals surface area contributed by atoms with Gasteiger partial charge < -0.3 is 15.7 Å². The minimum Gasteiger partial charge on any atom is -0.384 e. The molecule has 0 unspecified atom stereocenters. The second kappa shape index (κ2) is 8.14. The van der Waals surface area contributed by atoms with Gasteiger partial charge in [0.15, 0.2) is 5.65 Å². The van der Waals surface area contributed by atoms with Crippen LogP contribution in [0.4, 0.5) is 5.82 Å². The largest absolute Gasteiger partial charge is 0.384 e. The molecule has 1 saturated heterocycles. The first-order valence-electron chi connectivity index (χ1n) is 10.6. The molecular weight excluding hydrogens is 472 g/mol. The van der Waals surface area contributed by atoms with Gasteiger partial charge in [-0.05, 0) is 47.8 Å². The average Bonchev–Trinajstić information content (AvgIpc) is 3.25. The van der Waals surface area contributed by atoms with Crippen LogP contribution < -0.4 is 5.73 Å². The van der Waals surface area contributed by atoms with E-state index in [-0.39, 0.29) is 11.8 Å². The first-order valence-corrected chi connectivity index (χ1v) is 11.4. The fourth-order valence-electron chi connectivity index (χ4n) is 4.34. The van der Waals surface area contributed by atoms with Gasteiger partial charge in [0.1, 0.15) is 11.9 Å². The number of aliphatic hydroxyl groups excluding tert-OH is 1. The van der Waals surface area contributed by atoms with Crippen LogP contribution in [0.5, 0.6) is 0 Å². The van der Waals surface area contributed by atoms with Gasteiger partial charge in [-0.3, -0.25) is 9.78 Å². The standard InChI is InChI=1S/C23H23BrN6O2/c1-13(31)23(32)29-8-6-14(7-9-29)20-19(24)21(25)30-22(28-20)17(12-27-30)16-10-15-4-2-3-5-18(15)26-11-16/h2-5,10-14,31H,6-9,25H2,1H3/t13-/m1/s1. The van der Waals surface area contributed by atoms with Crippen molar-refractivity contribution in [3.05, 3.63) is 52.9 Å². The lowest BCUT2D eigenvalue weighted by Crippen LogP contribution is -2.42. The van der Waals surface area contributed by atoms with Crippen LogP contribution in [0, 0.1) is 0 Å². The number of halogens is 1. The summed E-state index contributed by atoms with van der Waals surface area (Å²) in [4.78, 5) is 23.4. The number of hydrogen-bond donors (Lipinski definition) is 2. The van der Waals surface area contributed by atoms with Crippen molar-refractivity contribution in [1.82, 2.24) is 24.5 Å². The Hall–Kier alpha value is -3.04. The molecule has 1 amide bonds. The molecule has 0 aliphatic carbocycles. The van der Waals surface area contributed by atoms with Gasteiger partial charge in [-0.15, -0.1) is 0 Å². The zero-order valence-electron chi connectivity index (χ0n) is 17.6. The minimum absolute atomic E-state index is 0.146. The van der Waals surface area contributed by atoms with Crippen LogP contribution in [-0.2, 0) is 4.79 Å². The number of aliphatic hydroxyl groups is 1. The molecule has 1 aliphatic heterocycles. The number of fused-ring (bicyclic) bond motifs is 2. The monoisotopic (exact) mass is 494 g/mol. The number of nitrogen functional groups attached to an aromatic ring is 1. The zero-order valence-corrected chi connectivity index (χ0v) is 19.2. The highest BCUT2D eigenvalue weighted by Crippen LogP contribution is 2.37. The predicted molar refractivity (Wildman–Crippen MR) is 126 cm³/mol. The summed E-state index contributed by atoms with van der Waals surface area (Å²) >= 11 is 3.62. The molecule has 32 heavy (non-hydrogen) atoms. The Labute approximate surface area is 193 Å². The molecule has 3 N–H and O–H groups in total. The molecule has 1 fully saturated rings. The molecule has 1 aliphatic rings. The Morgan fingerprint density at radius 2 is 2.00 bits per heavy atom. The molecule has 4 aromatic rings. The SMILES string of the molecule is C[C@@H](O)C(=O)N1CCC(c2nc3c(-c4cnc5ccccc5c4)cnn3c(N)c2Br)CC1. The van der Waals surface area contributed by atoms with Gasteiger partial charge in [-0.1, -0.05) is 18.2 Å². The van der Waals surface area contributed by atoms with E-state index in [0.29, 0.717) is 24.6 Å². The number of carbonyl (C=O) groups is 1. The van der Waals surface area contributed by atoms with E-state index in [1.165, 1.54) is 6.92 Å². The molecular formula is C23H23BrN6O2.